The standard InChI is InChI=1S/C16H20F2N2O2/c1-11(21)20-8-5-13(6-9-20)16(22)19-7-4-12-2-3-14(17)15(18)10-12/h2-3,10,13H,4-9H2,1H3,(H,19,22). The minimum absolute atomic E-state index is 0.0363. The molecule has 4 nitrogen and oxygen atoms in total. The molecule has 1 aromatic carbocycles. The molecule has 0 spiro atoms. The van der Waals surface area contributed by atoms with Gasteiger partial charge in [0.05, 0.1) is 0 Å². The molecule has 1 aliphatic rings. The molecular weight excluding hydrogens is 290 g/mol. The van der Waals surface area contributed by atoms with Crippen LogP contribution in [0.2, 0.25) is 0 Å². The second kappa shape index (κ2) is 7.33. The van der Waals surface area contributed by atoms with Gasteiger partial charge in [-0.1, -0.05) is 6.07 Å². The maximum absolute atomic E-state index is 13.1. The van der Waals surface area contributed by atoms with Crippen molar-refractivity contribution in [1.29, 1.82) is 0 Å². The van der Waals surface area contributed by atoms with Gasteiger partial charge in [0.25, 0.3) is 0 Å². The predicted octanol–water partition coefficient (Wildman–Crippen LogP) is 1.88. The number of likely N-dealkylation sites (tertiary alicyclic amines) is 1. The molecule has 1 N–H and O–H groups in total. The van der Waals surface area contributed by atoms with Gasteiger partial charge in [-0.15, -0.1) is 0 Å². The van der Waals surface area contributed by atoms with Crippen LogP contribution in [0, 0.1) is 17.6 Å². The fraction of sp³-hybridized carbons (Fsp3) is 0.500. The number of carbonyl (C=O) groups excluding carboxylic acids is 2. The molecule has 6 heteroatoms. The summed E-state index contributed by atoms with van der Waals surface area (Å²) in [7, 11) is 0. The molecule has 0 atom stereocenters. The minimum Gasteiger partial charge on any atom is -0.356 e. The maximum atomic E-state index is 13.1. The molecule has 0 saturated carbocycles. The normalized spacial score (nSPS) is 15.7. The van der Waals surface area contributed by atoms with Gasteiger partial charge < -0.3 is 10.2 Å². The van der Waals surface area contributed by atoms with Gasteiger partial charge in [0.15, 0.2) is 11.6 Å². The molecule has 2 amide bonds. The third-order valence-electron chi connectivity index (χ3n) is 4.01. The number of piperidine rings is 1. The van der Waals surface area contributed by atoms with Gasteiger partial charge in [0.1, 0.15) is 0 Å². The molecule has 1 heterocycles. The van der Waals surface area contributed by atoms with Gasteiger partial charge >= 0.3 is 0 Å². The number of halogens is 2. The zero-order valence-electron chi connectivity index (χ0n) is 12.6. The van der Waals surface area contributed by atoms with Crippen LogP contribution < -0.4 is 5.32 Å². The number of amides is 2. The number of nitrogens with zero attached hydrogens (tertiary/aromatic N) is 1. The van der Waals surface area contributed by atoms with E-state index in [4.69, 9.17) is 0 Å². The van der Waals surface area contributed by atoms with Gasteiger partial charge in [-0.25, -0.2) is 8.78 Å². The van der Waals surface area contributed by atoms with Crippen molar-refractivity contribution >= 4 is 11.8 Å². The summed E-state index contributed by atoms with van der Waals surface area (Å²) in [6.07, 6.45) is 1.78. The summed E-state index contributed by atoms with van der Waals surface area (Å²) in [6, 6.07) is 3.74. The van der Waals surface area contributed by atoms with Crippen molar-refractivity contribution < 1.29 is 18.4 Å². The average Bonchev–Trinajstić information content (AvgIpc) is 2.51. The van der Waals surface area contributed by atoms with E-state index >= 15 is 0 Å². The zero-order chi connectivity index (χ0) is 16.1. The van der Waals surface area contributed by atoms with E-state index in [-0.39, 0.29) is 17.7 Å². The summed E-state index contributed by atoms with van der Waals surface area (Å²) in [5, 5.41) is 2.82. The van der Waals surface area contributed by atoms with E-state index < -0.39 is 11.6 Å². The van der Waals surface area contributed by atoms with E-state index in [0.717, 1.165) is 12.1 Å². The van der Waals surface area contributed by atoms with Crippen molar-refractivity contribution in [3.05, 3.63) is 35.4 Å². The average molecular weight is 310 g/mol. The highest BCUT2D eigenvalue weighted by Gasteiger charge is 2.25. The Morgan fingerprint density at radius 1 is 1.23 bits per heavy atom. The van der Waals surface area contributed by atoms with Crippen LogP contribution in [0.3, 0.4) is 0 Å². The van der Waals surface area contributed by atoms with Crippen LogP contribution in [0.15, 0.2) is 18.2 Å². The quantitative estimate of drug-likeness (QED) is 0.923. The third kappa shape index (κ3) is 4.26. The number of benzene rings is 1. The lowest BCUT2D eigenvalue weighted by molar-refractivity contribution is -0.133. The Balaban J connectivity index is 1.74. The largest absolute Gasteiger partial charge is 0.356 e. The molecule has 0 aliphatic carbocycles. The first kappa shape index (κ1) is 16.4. The Kier molecular flexibility index (Phi) is 5.46. The summed E-state index contributed by atoms with van der Waals surface area (Å²) in [5.41, 5.74) is 0.644. The van der Waals surface area contributed by atoms with Crippen molar-refractivity contribution in [2.75, 3.05) is 19.6 Å². The summed E-state index contributed by atoms with van der Waals surface area (Å²) in [6.45, 7) is 3.13. The molecule has 2 rings (SSSR count). The Bertz CT molecular complexity index is 555. The van der Waals surface area contributed by atoms with Gasteiger partial charge in [-0.3, -0.25) is 9.59 Å². The molecule has 22 heavy (non-hydrogen) atoms. The van der Waals surface area contributed by atoms with E-state index in [1.54, 1.807) is 4.90 Å². The molecule has 0 bridgehead atoms. The van der Waals surface area contributed by atoms with E-state index in [9.17, 15) is 18.4 Å². The van der Waals surface area contributed by atoms with Crippen molar-refractivity contribution in [2.45, 2.75) is 26.2 Å². The fourth-order valence-electron chi connectivity index (χ4n) is 2.63. The molecule has 1 aromatic rings. The van der Waals surface area contributed by atoms with Crippen molar-refractivity contribution in [3.63, 3.8) is 0 Å². The van der Waals surface area contributed by atoms with Gasteiger partial charge in [-0.2, -0.15) is 0 Å². The highest BCUT2D eigenvalue weighted by atomic mass is 19.2. The Morgan fingerprint density at radius 3 is 2.50 bits per heavy atom. The maximum Gasteiger partial charge on any atom is 0.223 e. The number of hydrogen-bond acceptors (Lipinski definition) is 2. The zero-order valence-corrected chi connectivity index (χ0v) is 12.6. The highest BCUT2D eigenvalue weighted by Crippen LogP contribution is 2.17. The first-order valence-corrected chi connectivity index (χ1v) is 7.44. The van der Waals surface area contributed by atoms with Crippen LogP contribution >= 0.6 is 0 Å². The van der Waals surface area contributed by atoms with Gasteiger partial charge in [0.2, 0.25) is 11.8 Å². The second-order valence-corrected chi connectivity index (χ2v) is 5.57. The summed E-state index contributed by atoms with van der Waals surface area (Å²) in [5.74, 6) is -1.83. The molecule has 120 valence electrons. The van der Waals surface area contributed by atoms with Crippen molar-refractivity contribution in [3.8, 4) is 0 Å². The lowest BCUT2D eigenvalue weighted by Crippen LogP contribution is -2.42. The van der Waals surface area contributed by atoms with Crippen LogP contribution in [0.5, 0.6) is 0 Å². The lowest BCUT2D eigenvalue weighted by Gasteiger charge is -2.30. The second-order valence-electron chi connectivity index (χ2n) is 5.57. The van der Waals surface area contributed by atoms with Crippen LogP contribution in [0.25, 0.3) is 0 Å². The molecular formula is C16H20F2N2O2. The SMILES string of the molecule is CC(=O)N1CCC(C(=O)NCCc2ccc(F)c(F)c2)CC1. The van der Waals surface area contributed by atoms with Crippen LogP contribution in [-0.2, 0) is 16.0 Å². The Hall–Kier alpha value is -1.98. The number of nitrogens with one attached hydrogen (secondary N) is 1. The van der Waals surface area contributed by atoms with Crippen LogP contribution in [0.1, 0.15) is 25.3 Å². The summed E-state index contributed by atoms with van der Waals surface area (Å²) in [4.78, 5) is 25.0. The third-order valence-corrected chi connectivity index (χ3v) is 4.01. The van der Waals surface area contributed by atoms with E-state index in [1.807, 2.05) is 0 Å². The Labute approximate surface area is 128 Å². The summed E-state index contributed by atoms with van der Waals surface area (Å²) < 4.78 is 25.9. The van der Waals surface area contributed by atoms with Crippen LogP contribution in [-0.4, -0.2) is 36.3 Å². The molecule has 0 radical (unpaired) electrons. The monoisotopic (exact) mass is 310 g/mol. The number of rotatable bonds is 4. The number of carbonyl (C=O) groups is 2. The fourth-order valence-corrected chi connectivity index (χ4v) is 2.63. The Morgan fingerprint density at radius 2 is 1.91 bits per heavy atom. The van der Waals surface area contributed by atoms with E-state index in [0.29, 0.717) is 44.5 Å². The van der Waals surface area contributed by atoms with E-state index in [2.05, 4.69) is 5.32 Å². The van der Waals surface area contributed by atoms with Crippen molar-refractivity contribution in [2.24, 2.45) is 5.92 Å². The molecule has 1 saturated heterocycles. The molecule has 1 aliphatic heterocycles. The molecule has 0 unspecified atom stereocenters. The predicted molar refractivity (Wildman–Crippen MR) is 78.0 cm³/mol. The smallest absolute Gasteiger partial charge is 0.223 e. The molecule has 1 fully saturated rings. The topological polar surface area (TPSA) is 49.4 Å². The van der Waals surface area contributed by atoms with E-state index in [1.165, 1.54) is 13.0 Å². The van der Waals surface area contributed by atoms with Gasteiger partial charge in [0, 0.05) is 32.5 Å². The highest BCUT2D eigenvalue weighted by molar-refractivity contribution is 5.79. The number of hydrogen-bond donors (Lipinski definition) is 1. The first-order valence-electron chi connectivity index (χ1n) is 7.44. The van der Waals surface area contributed by atoms with Gasteiger partial charge in [-0.05, 0) is 37.0 Å². The summed E-state index contributed by atoms with van der Waals surface area (Å²) >= 11 is 0. The minimum atomic E-state index is -0.875. The van der Waals surface area contributed by atoms with Crippen molar-refractivity contribution in [1.82, 2.24) is 10.2 Å². The van der Waals surface area contributed by atoms with Crippen LogP contribution in [0.4, 0.5) is 8.78 Å². The lowest BCUT2D eigenvalue weighted by atomic mass is 9.96. The first-order chi connectivity index (χ1) is 10.5. The molecule has 0 aromatic heterocycles.